The van der Waals surface area contributed by atoms with Gasteiger partial charge in [0.2, 0.25) is 0 Å². The summed E-state index contributed by atoms with van der Waals surface area (Å²) in [4.78, 5) is 25.0. The summed E-state index contributed by atoms with van der Waals surface area (Å²) in [5, 5.41) is 5.01. The van der Waals surface area contributed by atoms with Crippen LogP contribution in [-0.4, -0.2) is 65.2 Å². The Balaban J connectivity index is 1.60. The summed E-state index contributed by atoms with van der Waals surface area (Å²) in [5.74, 6) is 2.03. The number of carbonyl (C=O) groups excluding carboxylic acids is 1. The number of benzene rings is 1. The highest BCUT2D eigenvalue weighted by atomic mass is 16.2. The summed E-state index contributed by atoms with van der Waals surface area (Å²) in [5.41, 5.74) is 9.81. The quantitative estimate of drug-likeness (QED) is 0.609. The summed E-state index contributed by atoms with van der Waals surface area (Å²) >= 11 is 0. The van der Waals surface area contributed by atoms with Gasteiger partial charge in [0.05, 0.1) is 11.7 Å². The minimum Gasteiger partial charge on any atom is -0.359 e. The van der Waals surface area contributed by atoms with Gasteiger partial charge in [0, 0.05) is 57.5 Å². The van der Waals surface area contributed by atoms with Crippen LogP contribution in [0.1, 0.15) is 66.7 Å². The van der Waals surface area contributed by atoms with Crippen molar-refractivity contribution < 1.29 is 4.79 Å². The average Bonchev–Trinajstić information content (AvgIpc) is 3.49. The van der Waals surface area contributed by atoms with Crippen LogP contribution in [0.25, 0.3) is 5.65 Å². The van der Waals surface area contributed by atoms with Gasteiger partial charge in [-0.2, -0.15) is 9.61 Å². The Hall–Kier alpha value is -3.13. The first-order valence-electron chi connectivity index (χ1n) is 12.9. The van der Waals surface area contributed by atoms with Crippen LogP contribution in [0, 0.1) is 0 Å². The molecule has 1 fully saturated rings. The van der Waals surface area contributed by atoms with Crippen LogP contribution in [0.4, 0.5) is 11.6 Å². The summed E-state index contributed by atoms with van der Waals surface area (Å²) in [6.07, 6.45) is 5.91. The molecule has 2 bridgehead atoms. The number of aryl methyl sites for hydroxylation is 1. The minimum atomic E-state index is -0.135. The highest BCUT2D eigenvalue weighted by Crippen LogP contribution is 2.30. The molecule has 1 aromatic carbocycles. The van der Waals surface area contributed by atoms with E-state index in [-0.39, 0.29) is 18.0 Å². The fourth-order valence-electron chi connectivity index (χ4n) is 5.47. The molecule has 4 heterocycles. The Bertz CT molecular complexity index is 1210. The van der Waals surface area contributed by atoms with Crippen LogP contribution in [-0.2, 0) is 6.42 Å². The second-order valence-corrected chi connectivity index (χ2v) is 10.0. The maximum absolute atomic E-state index is 13.6. The topological polar surface area (TPSA) is 83.0 Å². The molecule has 8 nitrogen and oxygen atoms in total. The lowest BCUT2D eigenvalue weighted by molar-refractivity contribution is 0.0721. The van der Waals surface area contributed by atoms with E-state index in [4.69, 9.17) is 15.8 Å². The number of fused-ring (bicyclic) bond motifs is 2. The fourth-order valence-corrected chi connectivity index (χ4v) is 5.47. The molecule has 5 rings (SSSR count). The Morgan fingerprint density at radius 1 is 1.09 bits per heavy atom. The first-order valence-corrected chi connectivity index (χ1v) is 12.9. The molecule has 0 radical (unpaired) electrons. The van der Waals surface area contributed by atoms with Crippen molar-refractivity contribution >= 4 is 23.2 Å². The third-order valence-electron chi connectivity index (χ3n) is 7.56. The van der Waals surface area contributed by atoms with Crippen LogP contribution in [0.15, 0.2) is 36.4 Å². The third kappa shape index (κ3) is 4.59. The predicted molar refractivity (Wildman–Crippen MR) is 140 cm³/mol. The summed E-state index contributed by atoms with van der Waals surface area (Å²) in [6, 6.07) is 12.3. The molecule has 2 aliphatic rings. The van der Waals surface area contributed by atoms with Gasteiger partial charge in [-0.3, -0.25) is 4.79 Å². The first kappa shape index (κ1) is 23.6. The number of aromatic nitrogens is 3. The molecule has 0 aliphatic carbocycles. The van der Waals surface area contributed by atoms with Crippen LogP contribution in [0.5, 0.6) is 0 Å². The number of carbonyl (C=O) groups is 1. The van der Waals surface area contributed by atoms with Gasteiger partial charge in [-0.15, -0.1) is 0 Å². The molecule has 2 atom stereocenters. The molecule has 2 unspecified atom stereocenters. The molecule has 0 spiro atoms. The SMILES string of the molecule is CCC1c2cc3nc(N4CCC(N)C4)cc(n3n2)N(C)CCCCCc2ccccc2C(=O)N1C. The zero-order chi connectivity index (χ0) is 24.5. The van der Waals surface area contributed by atoms with E-state index in [2.05, 4.69) is 35.9 Å². The average molecular weight is 476 g/mol. The smallest absolute Gasteiger partial charge is 0.254 e. The van der Waals surface area contributed by atoms with Gasteiger partial charge in [0.1, 0.15) is 11.6 Å². The van der Waals surface area contributed by atoms with E-state index in [1.54, 1.807) is 0 Å². The van der Waals surface area contributed by atoms with Crippen molar-refractivity contribution in [3.8, 4) is 0 Å². The number of nitrogens with zero attached hydrogens (tertiary/aromatic N) is 6. The Morgan fingerprint density at radius 2 is 1.91 bits per heavy atom. The number of nitrogens with two attached hydrogens (primary N) is 1. The molecule has 8 heteroatoms. The van der Waals surface area contributed by atoms with Crippen molar-refractivity contribution in [3.63, 3.8) is 0 Å². The lowest BCUT2D eigenvalue weighted by Gasteiger charge is -2.27. The third-order valence-corrected chi connectivity index (χ3v) is 7.56. The van der Waals surface area contributed by atoms with Crippen molar-refractivity contribution in [2.75, 3.05) is 43.5 Å². The van der Waals surface area contributed by atoms with Crippen LogP contribution in [0.2, 0.25) is 0 Å². The van der Waals surface area contributed by atoms with Crippen LogP contribution in [0.3, 0.4) is 0 Å². The summed E-state index contributed by atoms with van der Waals surface area (Å²) in [6.45, 7) is 4.78. The molecular weight excluding hydrogens is 438 g/mol. The van der Waals surface area contributed by atoms with Crippen LogP contribution >= 0.6 is 0 Å². The molecular formula is C27H37N7O. The van der Waals surface area contributed by atoms with Crippen molar-refractivity contribution in [1.29, 1.82) is 0 Å². The van der Waals surface area contributed by atoms with Crippen molar-refractivity contribution in [1.82, 2.24) is 19.5 Å². The monoisotopic (exact) mass is 475 g/mol. The van der Waals surface area contributed by atoms with E-state index < -0.39 is 0 Å². The van der Waals surface area contributed by atoms with Gasteiger partial charge in [-0.25, -0.2) is 4.98 Å². The standard InChI is InChI=1S/C27H37N7O/c1-4-23-22-16-25-29-24(33-15-13-20(28)18-33)17-26(34(25)30-22)31(2)14-9-5-6-10-19-11-7-8-12-21(19)27(35)32(23)3/h7-8,11-12,16-17,20,23H,4-6,9-10,13-15,18,28H2,1-3H3. The molecule has 3 aromatic rings. The lowest BCUT2D eigenvalue weighted by Crippen LogP contribution is -2.32. The van der Waals surface area contributed by atoms with Crippen molar-refractivity contribution in [2.45, 2.75) is 57.5 Å². The Kier molecular flexibility index (Phi) is 6.65. The number of amides is 1. The van der Waals surface area contributed by atoms with E-state index in [0.717, 1.165) is 92.3 Å². The summed E-state index contributed by atoms with van der Waals surface area (Å²) in [7, 11) is 4.03. The second-order valence-electron chi connectivity index (χ2n) is 10.0. The minimum absolute atomic E-state index is 0.0522. The molecule has 2 aromatic heterocycles. The predicted octanol–water partition coefficient (Wildman–Crippen LogP) is 3.65. The zero-order valence-electron chi connectivity index (χ0n) is 21.2. The van der Waals surface area contributed by atoms with Crippen molar-refractivity contribution in [2.24, 2.45) is 5.73 Å². The highest BCUT2D eigenvalue weighted by Gasteiger charge is 2.27. The fraction of sp³-hybridized carbons (Fsp3) is 0.519. The van der Waals surface area contributed by atoms with E-state index in [0.29, 0.717) is 0 Å². The van der Waals surface area contributed by atoms with E-state index in [9.17, 15) is 4.79 Å². The van der Waals surface area contributed by atoms with Gasteiger partial charge >= 0.3 is 0 Å². The molecule has 1 saturated heterocycles. The maximum atomic E-state index is 13.6. The zero-order valence-corrected chi connectivity index (χ0v) is 21.2. The van der Waals surface area contributed by atoms with Gasteiger partial charge < -0.3 is 20.4 Å². The molecule has 186 valence electrons. The van der Waals surface area contributed by atoms with E-state index >= 15 is 0 Å². The Labute approximate surface area is 207 Å². The number of hydrogen-bond acceptors (Lipinski definition) is 6. The first-order chi connectivity index (χ1) is 17.0. The molecule has 2 N–H and O–H groups in total. The summed E-state index contributed by atoms with van der Waals surface area (Å²) < 4.78 is 1.95. The van der Waals surface area contributed by atoms with Gasteiger partial charge in [0.25, 0.3) is 5.91 Å². The maximum Gasteiger partial charge on any atom is 0.254 e. The van der Waals surface area contributed by atoms with E-state index in [1.165, 1.54) is 0 Å². The van der Waals surface area contributed by atoms with Crippen LogP contribution < -0.4 is 15.5 Å². The van der Waals surface area contributed by atoms with Crippen molar-refractivity contribution in [3.05, 3.63) is 53.2 Å². The van der Waals surface area contributed by atoms with Gasteiger partial charge in [-0.1, -0.05) is 31.5 Å². The largest absolute Gasteiger partial charge is 0.359 e. The second kappa shape index (κ2) is 9.85. The molecule has 2 aliphatic heterocycles. The van der Waals surface area contributed by atoms with E-state index in [1.807, 2.05) is 40.7 Å². The normalized spacial score (nSPS) is 21.9. The lowest BCUT2D eigenvalue weighted by atomic mass is 9.99. The molecule has 35 heavy (non-hydrogen) atoms. The highest BCUT2D eigenvalue weighted by molar-refractivity contribution is 5.95. The van der Waals surface area contributed by atoms with Gasteiger partial charge in [-0.05, 0) is 43.7 Å². The number of rotatable bonds is 2. The molecule has 1 amide bonds. The Morgan fingerprint density at radius 3 is 2.69 bits per heavy atom. The number of anilines is 2. The number of hydrogen-bond donors (Lipinski definition) is 1. The molecule has 0 saturated carbocycles. The van der Waals surface area contributed by atoms with Gasteiger partial charge in [0.15, 0.2) is 5.65 Å².